The van der Waals surface area contributed by atoms with E-state index in [1.54, 1.807) is 41.8 Å². The fraction of sp³-hybridized carbons (Fsp3) is 0.227. The normalized spacial score (nSPS) is 15.8. The molecule has 1 saturated heterocycles. The molecule has 1 N–H and O–H groups in total. The molecule has 1 unspecified atom stereocenters. The summed E-state index contributed by atoms with van der Waals surface area (Å²) >= 11 is 1.62. The topological polar surface area (TPSA) is 110 Å². The maximum Gasteiger partial charge on any atom is 0.269 e. The molecule has 2 heterocycles. The summed E-state index contributed by atoms with van der Waals surface area (Å²) in [5.74, 6) is -0.424. The Kier molecular flexibility index (Phi) is 5.95. The van der Waals surface area contributed by atoms with Crippen molar-refractivity contribution in [3.8, 4) is 5.69 Å². The van der Waals surface area contributed by atoms with Gasteiger partial charge in [-0.25, -0.2) is 4.68 Å². The summed E-state index contributed by atoms with van der Waals surface area (Å²) in [5.41, 5.74) is 2.00. The Morgan fingerprint density at radius 1 is 1.16 bits per heavy atom. The van der Waals surface area contributed by atoms with Gasteiger partial charge in [0.15, 0.2) is 0 Å². The van der Waals surface area contributed by atoms with E-state index in [4.69, 9.17) is 0 Å². The van der Waals surface area contributed by atoms with E-state index in [-0.39, 0.29) is 23.9 Å². The zero-order chi connectivity index (χ0) is 22.8. The van der Waals surface area contributed by atoms with E-state index in [1.807, 2.05) is 30.5 Å². The smallest absolute Gasteiger partial charge is 0.269 e. The maximum atomic E-state index is 13.0. The van der Waals surface area contributed by atoms with Crippen LogP contribution in [0.3, 0.4) is 0 Å². The molecule has 0 saturated carbocycles. The molecule has 3 aromatic rings. The number of hydrogen-bond acceptors (Lipinski definition) is 6. The van der Waals surface area contributed by atoms with Crippen LogP contribution in [0.25, 0.3) is 5.69 Å². The molecule has 164 valence electrons. The van der Waals surface area contributed by atoms with Gasteiger partial charge in [-0.3, -0.25) is 19.7 Å². The number of nitro groups is 1. The molecule has 10 heteroatoms. The van der Waals surface area contributed by atoms with Gasteiger partial charge in [0.1, 0.15) is 5.82 Å². The molecule has 0 radical (unpaired) electrons. The standard InChI is InChI=1S/C22H21N5O4S/c1-14-11-20(26(24-14)17-3-5-18(6-4-17)27(30)31)23-22(29)15-12-21(28)25(13-15)16-7-9-19(32-2)10-8-16/h3-11,15H,12-13H2,1-2H3,(H,23,29). The van der Waals surface area contributed by atoms with Gasteiger partial charge in [0.25, 0.3) is 5.69 Å². The second-order valence-electron chi connectivity index (χ2n) is 7.45. The van der Waals surface area contributed by atoms with Gasteiger partial charge in [-0.15, -0.1) is 11.8 Å². The summed E-state index contributed by atoms with van der Waals surface area (Å²) in [6, 6.07) is 15.3. The molecule has 0 aliphatic carbocycles. The van der Waals surface area contributed by atoms with Gasteiger partial charge in [0.2, 0.25) is 11.8 Å². The number of carbonyl (C=O) groups is 2. The lowest BCUT2D eigenvalue weighted by atomic mass is 10.1. The van der Waals surface area contributed by atoms with Gasteiger partial charge in [0, 0.05) is 41.7 Å². The van der Waals surface area contributed by atoms with Crippen molar-refractivity contribution in [3.05, 3.63) is 70.4 Å². The van der Waals surface area contributed by atoms with E-state index in [2.05, 4.69) is 10.4 Å². The molecule has 1 fully saturated rings. The highest BCUT2D eigenvalue weighted by Crippen LogP contribution is 2.28. The van der Waals surface area contributed by atoms with Crippen LogP contribution in [-0.4, -0.2) is 39.3 Å². The predicted molar refractivity (Wildman–Crippen MR) is 122 cm³/mol. The van der Waals surface area contributed by atoms with Crippen LogP contribution in [0.1, 0.15) is 12.1 Å². The highest BCUT2D eigenvalue weighted by atomic mass is 32.2. The van der Waals surface area contributed by atoms with E-state index >= 15 is 0 Å². The monoisotopic (exact) mass is 451 g/mol. The number of nitrogens with one attached hydrogen (secondary N) is 1. The third kappa shape index (κ3) is 4.35. The lowest BCUT2D eigenvalue weighted by Gasteiger charge is -2.17. The van der Waals surface area contributed by atoms with Crippen molar-refractivity contribution in [2.45, 2.75) is 18.2 Å². The van der Waals surface area contributed by atoms with Crippen molar-refractivity contribution >= 4 is 40.8 Å². The quantitative estimate of drug-likeness (QED) is 0.347. The molecule has 32 heavy (non-hydrogen) atoms. The van der Waals surface area contributed by atoms with Crippen LogP contribution in [0.4, 0.5) is 17.2 Å². The number of amides is 2. The summed E-state index contributed by atoms with van der Waals surface area (Å²) in [4.78, 5) is 38.6. The Labute approximate surface area is 188 Å². The molecule has 0 spiro atoms. The van der Waals surface area contributed by atoms with Crippen molar-refractivity contribution in [3.63, 3.8) is 0 Å². The molecular formula is C22H21N5O4S. The number of aryl methyl sites for hydroxylation is 1. The van der Waals surface area contributed by atoms with Crippen LogP contribution in [0.15, 0.2) is 59.5 Å². The highest BCUT2D eigenvalue weighted by molar-refractivity contribution is 7.98. The first-order valence-corrected chi connectivity index (χ1v) is 11.1. The summed E-state index contributed by atoms with van der Waals surface area (Å²) in [7, 11) is 0. The summed E-state index contributed by atoms with van der Waals surface area (Å²) in [6.07, 6.45) is 2.11. The van der Waals surface area contributed by atoms with E-state index in [0.717, 1.165) is 10.6 Å². The number of anilines is 2. The van der Waals surface area contributed by atoms with Gasteiger partial charge in [0.05, 0.1) is 22.2 Å². The minimum Gasteiger partial charge on any atom is -0.312 e. The summed E-state index contributed by atoms with van der Waals surface area (Å²) in [6.45, 7) is 2.09. The lowest BCUT2D eigenvalue weighted by molar-refractivity contribution is -0.384. The Bertz CT molecular complexity index is 1170. The van der Waals surface area contributed by atoms with Gasteiger partial charge in [-0.2, -0.15) is 5.10 Å². The molecule has 0 bridgehead atoms. The first kappa shape index (κ1) is 21.6. The van der Waals surface area contributed by atoms with Crippen molar-refractivity contribution in [2.75, 3.05) is 23.0 Å². The van der Waals surface area contributed by atoms with Crippen molar-refractivity contribution in [2.24, 2.45) is 5.92 Å². The Morgan fingerprint density at radius 2 is 1.81 bits per heavy atom. The van der Waals surface area contributed by atoms with E-state index in [9.17, 15) is 19.7 Å². The van der Waals surface area contributed by atoms with Crippen LogP contribution >= 0.6 is 11.8 Å². The van der Waals surface area contributed by atoms with Crippen molar-refractivity contribution in [1.82, 2.24) is 9.78 Å². The van der Waals surface area contributed by atoms with E-state index in [0.29, 0.717) is 23.7 Å². The number of non-ortho nitro benzene ring substituents is 1. The van der Waals surface area contributed by atoms with Gasteiger partial charge in [-0.05, 0) is 49.6 Å². The van der Waals surface area contributed by atoms with Crippen molar-refractivity contribution in [1.29, 1.82) is 0 Å². The minimum atomic E-state index is -0.497. The number of rotatable bonds is 6. The number of nitro benzene ring substituents is 1. The average Bonchev–Trinajstić information content (AvgIpc) is 3.36. The average molecular weight is 452 g/mol. The zero-order valence-corrected chi connectivity index (χ0v) is 18.3. The lowest BCUT2D eigenvalue weighted by Crippen LogP contribution is -2.28. The summed E-state index contributed by atoms with van der Waals surface area (Å²) in [5, 5.41) is 18.1. The molecule has 2 aromatic carbocycles. The molecule has 1 atom stereocenters. The third-order valence-corrected chi connectivity index (χ3v) is 6.01. The fourth-order valence-corrected chi connectivity index (χ4v) is 4.03. The van der Waals surface area contributed by atoms with E-state index < -0.39 is 10.8 Å². The third-order valence-electron chi connectivity index (χ3n) is 5.27. The molecule has 9 nitrogen and oxygen atoms in total. The largest absolute Gasteiger partial charge is 0.312 e. The van der Waals surface area contributed by atoms with Crippen LogP contribution in [0, 0.1) is 23.0 Å². The number of aromatic nitrogens is 2. The number of thioether (sulfide) groups is 1. The van der Waals surface area contributed by atoms with Gasteiger partial charge >= 0.3 is 0 Å². The molecule has 4 rings (SSSR count). The predicted octanol–water partition coefficient (Wildman–Crippen LogP) is 3.80. The highest BCUT2D eigenvalue weighted by Gasteiger charge is 2.35. The number of carbonyl (C=O) groups excluding carboxylic acids is 2. The number of hydrogen-bond donors (Lipinski definition) is 1. The first-order valence-electron chi connectivity index (χ1n) is 9.92. The van der Waals surface area contributed by atoms with Crippen LogP contribution in [-0.2, 0) is 9.59 Å². The first-order chi connectivity index (χ1) is 15.4. The summed E-state index contributed by atoms with van der Waals surface area (Å²) < 4.78 is 1.52. The Balaban J connectivity index is 1.49. The minimum absolute atomic E-state index is 0.0293. The molecule has 2 amide bonds. The maximum absolute atomic E-state index is 13.0. The van der Waals surface area contributed by atoms with Gasteiger partial charge < -0.3 is 10.2 Å². The van der Waals surface area contributed by atoms with E-state index in [1.165, 1.54) is 16.8 Å². The number of benzene rings is 2. The Morgan fingerprint density at radius 3 is 2.44 bits per heavy atom. The van der Waals surface area contributed by atoms with Crippen LogP contribution in [0.2, 0.25) is 0 Å². The molecule has 1 aliphatic heterocycles. The fourth-order valence-electron chi connectivity index (χ4n) is 3.62. The SMILES string of the molecule is CSc1ccc(N2CC(C(=O)Nc3cc(C)nn3-c3ccc([N+](=O)[O-])cc3)CC2=O)cc1. The molecule has 1 aliphatic rings. The Hall–Kier alpha value is -3.66. The van der Waals surface area contributed by atoms with Gasteiger partial charge in [-0.1, -0.05) is 0 Å². The second-order valence-corrected chi connectivity index (χ2v) is 8.33. The van der Waals surface area contributed by atoms with Crippen LogP contribution < -0.4 is 10.2 Å². The molecule has 1 aromatic heterocycles. The second kappa shape index (κ2) is 8.83. The van der Waals surface area contributed by atoms with Crippen LogP contribution in [0.5, 0.6) is 0 Å². The molecular weight excluding hydrogens is 430 g/mol. The zero-order valence-electron chi connectivity index (χ0n) is 17.5. The van der Waals surface area contributed by atoms with Crippen molar-refractivity contribution < 1.29 is 14.5 Å². The number of nitrogens with zero attached hydrogens (tertiary/aromatic N) is 4.